The molecule has 0 saturated carbocycles. The molecule has 0 N–H and O–H groups in total. The van der Waals surface area contributed by atoms with Crippen molar-refractivity contribution in [2.75, 3.05) is 4.90 Å². The van der Waals surface area contributed by atoms with Crippen LogP contribution in [0.2, 0.25) is 0 Å². The zero-order valence-electron chi connectivity index (χ0n) is 34.8. The number of furan rings is 1. The highest BCUT2D eigenvalue weighted by atomic mass is 32.1. The van der Waals surface area contributed by atoms with E-state index in [0.29, 0.717) is 0 Å². The van der Waals surface area contributed by atoms with Crippen LogP contribution >= 0.6 is 11.3 Å². The molecule has 0 bridgehead atoms. The summed E-state index contributed by atoms with van der Waals surface area (Å²) in [6.45, 7) is 0. The van der Waals surface area contributed by atoms with Crippen LogP contribution in [0, 0.1) is 0 Å². The Hall–Kier alpha value is -7.98. The number of anilines is 3. The van der Waals surface area contributed by atoms with Crippen LogP contribution in [-0.2, 0) is 5.41 Å². The Morgan fingerprint density at radius 3 is 1.69 bits per heavy atom. The first-order valence-electron chi connectivity index (χ1n) is 21.9. The monoisotopic (exact) mass is 833 g/mol. The molecule has 0 aliphatic heterocycles. The lowest BCUT2D eigenvalue weighted by molar-refractivity contribution is 0.670. The number of fused-ring (bicyclic) bond motifs is 9. The molecule has 10 aromatic carbocycles. The van der Waals surface area contributed by atoms with Crippen molar-refractivity contribution >= 4 is 70.5 Å². The Balaban J connectivity index is 0.964. The number of hydrogen-bond donors (Lipinski definition) is 0. The molecule has 2 nitrogen and oxygen atoms in total. The molecular formula is C61H39NOS. The van der Waals surface area contributed by atoms with E-state index >= 15 is 0 Å². The van der Waals surface area contributed by atoms with E-state index in [1.165, 1.54) is 64.7 Å². The second-order valence-electron chi connectivity index (χ2n) is 16.8. The lowest BCUT2D eigenvalue weighted by atomic mass is 9.68. The third-order valence-corrected chi connectivity index (χ3v) is 14.5. The van der Waals surface area contributed by atoms with Gasteiger partial charge in [0.15, 0.2) is 0 Å². The highest BCUT2D eigenvalue weighted by molar-refractivity contribution is 7.25. The first-order valence-corrected chi connectivity index (χ1v) is 22.7. The zero-order chi connectivity index (χ0) is 42.2. The molecule has 300 valence electrons. The van der Waals surface area contributed by atoms with E-state index in [4.69, 9.17) is 4.42 Å². The number of thiophene rings is 1. The van der Waals surface area contributed by atoms with Gasteiger partial charge in [0.05, 0.1) is 5.41 Å². The molecule has 2 heterocycles. The third-order valence-electron chi connectivity index (χ3n) is 13.4. The van der Waals surface area contributed by atoms with Crippen LogP contribution < -0.4 is 4.90 Å². The average molecular weight is 834 g/mol. The molecule has 0 unspecified atom stereocenters. The summed E-state index contributed by atoms with van der Waals surface area (Å²) in [4.78, 5) is 2.39. The fraction of sp³-hybridized carbons (Fsp3) is 0.0164. The van der Waals surface area contributed by atoms with Crippen molar-refractivity contribution in [1.29, 1.82) is 0 Å². The zero-order valence-corrected chi connectivity index (χ0v) is 35.6. The van der Waals surface area contributed by atoms with Crippen molar-refractivity contribution in [3.8, 4) is 33.4 Å². The van der Waals surface area contributed by atoms with Crippen molar-refractivity contribution in [2.45, 2.75) is 5.41 Å². The topological polar surface area (TPSA) is 16.4 Å². The molecule has 3 heteroatoms. The molecule has 64 heavy (non-hydrogen) atoms. The highest BCUT2D eigenvalue weighted by Gasteiger charge is 2.45. The van der Waals surface area contributed by atoms with Gasteiger partial charge in [0.25, 0.3) is 0 Å². The summed E-state index contributed by atoms with van der Waals surface area (Å²) in [5.74, 6) is 0. The maximum atomic E-state index is 6.48. The number of para-hydroxylation sites is 2. The summed E-state index contributed by atoms with van der Waals surface area (Å²) in [7, 11) is 0. The third kappa shape index (κ3) is 5.58. The van der Waals surface area contributed by atoms with Crippen LogP contribution in [0.25, 0.3) is 75.5 Å². The lowest BCUT2D eigenvalue weighted by Crippen LogP contribution is -2.28. The van der Waals surface area contributed by atoms with Gasteiger partial charge in [-0.05, 0) is 111 Å². The fourth-order valence-electron chi connectivity index (χ4n) is 10.5. The van der Waals surface area contributed by atoms with Crippen molar-refractivity contribution in [3.05, 3.63) is 259 Å². The van der Waals surface area contributed by atoms with Crippen LogP contribution in [0.15, 0.2) is 241 Å². The predicted molar refractivity (Wildman–Crippen MR) is 269 cm³/mol. The first-order chi connectivity index (χ1) is 31.7. The minimum absolute atomic E-state index is 0.471. The number of rotatable bonds is 7. The van der Waals surface area contributed by atoms with Crippen molar-refractivity contribution in [1.82, 2.24) is 0 Å². The molecule has 0 atom stereocenters. The van der Waals surface area contributed by atoms with Gasteiger partial charge in [-0.1, -0.05) is 176 Å². The summed E-state index contributed by atoms with van der Waals surface area (Å²) in [6, 6.07) is 86.5. The largest absolute Gasteiger partial charge is 0.455 e. The maximum absolute atomic E-state index is 6.48. The predicted octanol–water partition coefficient (Wildman–Crippen LogP) is 17.1. The van der Waals surface area contributed by atoms with Crippen molar-refractivity contribution < 1.29 is 4.42 Å². The normalized spacial score (nSPS) is 12.8. The number of hydrogen-bond acceptors (Lipinski definition) is 3. The summed E-state index contributed by atoms with van der Waals surface area (Å²) in [5, 5.41) is 4.87. The van der Waals surface area contributed by atoms with Crippen LogP contribution in [-0.4, -0.2) is 0 Å². The van der Waals surface area contributed by atoms with Gasteiger partial charge in [-0.15, -0.1) is 11.3 Å². The van der Waals surface area contributed by atoms with Gasteiger partial charge in [0, 0.05) is 53.6 Å². The molecule has 0 saturated heterocycles. The van der Waals surface area contributed by atoms with Gasteiger partial charge in [-0.25, -0.2) is 0 Å². The van der Waals surface area contributed by atoms with Gasteiger partial charge in [-0.3, -0.25) is 0 Å². The molecule has 0 amide bonds. The van der Waals surface area contributed by atoms with Crippen molar-refractivity contribution in [2.24, 2.45) is 0 Å². The van der Waals surface area contributed by atoms with E-state index in [9.17, 15) is 0 Å². The highest BCUT2D eigenvalue weighted by Crippen LogP contribution is 2.56. The van der Waals surface area contributed by atoms with E-state index in [1.54, 1.807) is 0 Å². The van der Waals surface area contributed by atoms with Gasteiger partial charge in [0.1, 0.15) is 11.2 Å². The Morgan fingerprint density at radius 2 is 0.906 bits per heavy atom. The van der Waals surface area contributed by atoms with Gasteiger partial charge < -0.3 is 9.32 Å². The fourth-order valence-corrected chi connectivity index (χ4v) is 11.6. The molecule has 0 radical (unpaired) electrons. The Labute approximate surface area is 375 Å². The standard InChI is InChI=1S/C61H39NOS/c1-2-15-43(16-3-1)61(55-24-8-4-18-49(55)50-19-5-9-25-56(50)61)44-31-35-46(36-32-44)62(45-33-28-40(29-34-45)48-22-13-23-53-51-20-6-10-26-57(51)63-60(48)53)47-17-12-14-41(38-47)42-30-37-59-54(39-42)52-21-7-11-27-58(52)64-59/h1-39H. The first kappa shape index (κ1) is 36.7. The Bertz CT molecular complexity index is 3680. The molecule has 1 aliphatic carbocycles. The Morgan fingerprint density at radius 1 is 0.344 bits per heavy atom. The van der Waals surface area contributed by atoms with Gasteiger partial charge >= 0.3 is 0 Å². The van der Waals surface area contributed by atoms with E-state index in [-0.39, 0.29) is 0 Å². The van der Waals surface area contributed by atoms with E-state index in [1.807, 2.05) is 23.5 Å². The molecule has 2 aromatic heterocycles. The second kappa shape index (κ2) is 14.6. The summed E-state index contributed by atoms with van der Waals surface area (Å²) in [5.41, 5.74) is 16.8. The number of benzene rings is 10. The quantitative estimate of drug-likeness (QED) is 0.159. The molecule has 1 aliphatic rings. The summed E-state index contributed by atoms with van der Waals surface area (Å²) < 4.78 is 9.11. The van der Waals surface area contributed by atoms with Crippen molar-refractivity contribution in [3.63, 3.8) is 0 Å². The molecule has 13 rings (SSSR count). The minimum atomic E-state index is -0.471. The maximum Gasteiger partial charge on any atom is 0.143 e. The van der Waals surface area contributed by atoms with Gasteiger partial charge in [-0.2, -0.15) is 0 Å². The van der Waals surface area contributed by atoms with Gasteiger partial charge in [0.2, 0.25) is 0 Å². The van der Waals surface area contributed by atoms with Crippen LogP contribution in [0.3, 0.4) is 0 Å². The number of nitrogens with zero attached hydrogens (tertiary/aromatic N) is 1. The minimum Gasteiger partial charge on any atom is -0.455 e. The molecule has 0 spiro atoms. The smallest absolute Gasteiger partial charge is 0.143 e. The lowest BCUT2D eigenvalue weighted by Gasteiger charge is -2.34. The van der Waals surface area contributed by atoms with E-state index < -0.39 is 5.41 Å². The van der Waals surface area contributed by atoms with E-state index in [0.717, 1.165) is 50.1 Å². The second-order valence-corrected chi connectivity index (χ2v) is 17.9. The molecule has 12 aromatic rings. The molecular weight excluding hydrogens is 795 g/mol. The van der Waals surface area contributed by atoms with Crippen LogP contribution in [0.4, 0.5) is 17.1 Å². The van der Waals surface area contributed by atoms with Crippen LogP contribution in [0.5, 0.6) is 0 Å². The van der Waals surface area contributed by atoms with E-state index in [2.05, 4.69) is 229 Å². The van der Waals surface area contributed by atoms with Crippen LogP contribution in [0.1, 0.15) is 22.3 Å². The Kier molecular flexibility index (Phi) is 8.34. The summed E-state index contributed by atoms with van der Waals surface area (Å²) in [6.07, 6.45) is 0. The molecule has 0 fully saturated rings. The average Bonchev–Trinajstić information content (AvgIpc) is 4.03. The summed E-state index contributed by atoms with van der Waals surface area (Å²) >= 11 is 1.86. The SMILES string of the molecule is c1ccc(C2(c3ccc(N(c4ccc(-c5cccc6c5oc5ccccc56)cc4)c4cccc(-c5ccc6sc7ccccc7c6c5)c4)cc3)c3ccccc3-c3ccccc32)cc1.